The first-order valence-corrected chi connectivity index (χ1v) is 13.9. The van der Waals surface area contributed by atoms with Gasteiger partial charge in [0.2, 0.25) is 0 Å². The summed E-state index contributed by atoms with van der Waals surface area (Å²) >= 11 is 0. The standard InChI is InChI=1S/C31H52O/c1-20(2)21(3)10-11-22(4)23-14-18-31(9)25-12-13-26-28(5,6)27(32)16-17-29(26,7)24(25)15-19-30(23,31)8/h20,22-23,26-27,32H,3,10-19H2,1-2,4-9H3/t22-,23-,26+,27+,29-,30-,31-/m1/s1. The van der Waals surface area contributed by atoms with Crippen molar-refractivity contribution in [2.45, 2.75) is 126 Å². The van der Waals surface area contributed by atoms with Gasteiger partial charge in [-0.05, 0) is 110 Å². The molecule has 0 heterocycles. The zero-order chi connectivity index (χ0) is 23.7. The molecule has 0 aromatic heterocycles. The number of hydrogen-bond acceptors (Lipinski definition) is 1. The molecule has 2 saturated carbocycles. The van der Waals surface area contributed by atoms with E-state index in [4.69, 9.17) is 0 Å². The third-order valence-electron chi connectivity index (χ3n) is 12.2. The fourth-order valence-corrected chi connectivity index (χ4v) is 9.53. The van der Waals surface area contributed by atoms with Crippen molar-refractivity contribution in [3.05, 3.63) is 23.3 Å². The van der Waals surface area contributed by atoms with Crippen LogP contribution in [0.5, 0.6) is 0 Å². The topological polar surface area (TPSA) is 20.2 Å². The van der Waals surface area contributed by atoms with Crippen LogP contribution in [0, 0.1) is 45.3 Å². The molecule has 0 amide bonds. The number of fused-ring (bicyclic) bond motifs is 4. The quantitative estimate of drug-likeness (QED) is 0.424. The molecule has 0 radical (unpaired) electrons. The second-order valence-electron chi connectivity index (χ2n) is 14.1. The van der Waals surface area contributed by atoms with Gasteiger partial charge >= 0.3 is 0 Å². The molecule has 2 fully saturated rings. The van der Waals surface area contributed by atoms with Crippen LogP contribution < -0.4 is 0 Å². The lowest BCUT2D eigenvalue weighted by Crippen LogP contribution is -2.55. The van der Waals surface area contributed by atoms with Crippen molar-refractivity contribution in [1.82, 2.24) is 0 Å². The van der Waals surface area contributed by atoms with Crippen molar-refractivity contribution >= 4 is 0 Å². The largest absolute Gasteiger partial charge is 0.393 e. The molecule has 0 spiro atoms. The molecule has 7 atom stereocenters. The highest BCUT2D eigenvalue weighted by Gasteiger charge is 2.63. The van der Waals surface area contributed by atoms with Gasteiger partial charge in [-0.25, -0.2) is 0 Å². The Morgan fingerprint density at radius 1 is 0.938 bits per heavy atom. The first-order valence-electron chi connectivity index (χ1n) is 13.9. The Morgan fingerprint density at radius 2 is 1.62 bits per heavy atom. The minimum atomic E-state index is -0.135. The highest BCUT2D eigenvalue weighted by molar-refractivity contribution is 5.38. The molecule has 0 saturated heterocycles. The predicted molar refractivity (Wildman–Crippen MR) is 137 cm³/mol. The van der Waals surface area contributed by atoms with Gasteiger partial charge in [-0.3, -0.25) is 0 Å². The van der Waals surface area contributed by atoms with Crippen LogP contribution in [0.3, 0.4) is 0 Å². The number of hydrogen-bond donors (Lipinski definition) is 1. The van der Waals surface area contributed by atoms with Gasteiger partial charge in [-0.2, -0.15) is 0 Å². The van der Waals surface area contributed by atoms with E-state index in [0.29, 0.717) is 28.1 Å². The van der Waals surface area contributed by atoms with Crippen molar-refractivity contribution in [3.8, 4) is 0 Å². The SMILES string of the molecule is C=C(CC[C@@H](C)[C@H]1CC[C@]2(C)C3=C(CC[C@]12C)[C@@]1(C)CC[C@H](O)C(C)(C)[C@@H]1CC3)C(C)C. The van der Waals surface area contributed by atoms with E-state index >= 15 is 0 Å². The van der Waals surface area contributed by atoms with E-state index in [1.807, 2.05) is 11.1 Å². The van der Waals surface area contributed by atoms with Crippen LogP contribution in [0.1, 0.15) is 120 Å². The van der Waals surface area contributed by atoms with E-state index in [0.717, 1.165) is 18.3 Å². The van der Waals surface area contributed by atoms with Crippen molar-refractivity contribution in [1.29, 1.82) is 0 Å². The van der Waals surface area contributed by atoms with Crippen LogP contribution in [-0.4, -0.2) is 11.2 Å². The van der Waals surface area contributed by atoms with Gasteiger partial charge in [-0.1, -0.05) is 78.7 Å². The molecule has 0 unspecified atom stereocenters. The average Bonchev–Trinajstić information content (AvgIpc) is 3.00. The maximum atomic E-state index is 10.8. The van der Waals surface area contributed by atoms with Gasteiger partial charge in [0, 0.05) is 0 Å². The molecular formula is C31H52O. The van der Waals surface area contributed by atoms with Crippen LogP contribution in [0.25, 0.3) is 0 Å². The van der Waals surface area contributed by atoms with Crippen LogP contribution in [0.15, 0.2) is 23.3 Å². The Labute approximate surface area is 199 Å². The summed E-state index contributed by atoms with van der Waals surface area (Å²) in [7, 11) is 0. The van der Waals surface area contributed by atoms with Gasteiger partial charge in [0.15, 0.2) is 0 Å². The van der Waals surface area contributed by atoms with E-state index in [-0.39, 0.29) is 11.5 Å². The van der Waals surface area contributed by atoms with Gasteiger partial charge in [0.1, 0.15) is 0 Å². The monoisotopic (exact) mass is 440 g/mol. The van der Waals surface area contributed by atoms with Crippen LogP contribution >= 0.6 is 0 Å². The third-order valence-corrected chi connectivity index (χ3v) is 12.2. The summed E-state index contributed by atoms with van der Waals surface area (Å²) in [6.07, 6.45) is 12.6. The number of allylic oxidation sites excluding steroid dienone is 3. The fraction of sp³-hybridized carbons (Fsp3) is 0.871. The van der Waals surface area contributed by atoms with Crippen LogP contribution in [0.4, 0.5) is 0 Å². The van der Waals surface area contributed by atoms with E-state index in [1.54, 1.807) is 0 Å². The Kier molecular flexibility index (Phi) is 6.14. The fourth-order valence-electron chi connectivity index (χ4n) is 9.53. The molecule has 0 aliphatic heterocycles. The second-order valence-corrected chi connectivity index (χ2v) is 14.1. The Hall–Kier alpha value is -0.560. The molecule has 32 heavy (non-hydrogen) atoms. The lowest BCUT2D eigenvalue weighted by atomic mass is 9.43. The summed E-state index contributed by atoms with van der Waals surface area (Å²) < 4.78 is 0. The number of aliphatic hydroxyl groups excluding tert-OH is 1. The van der Waals surface area contributed by atoms with Gasteiger partial charge < -0.3 is 5.11 Å². The van der Waals surface area contributed by atoms with E-state index in [2.05, 4.69) is 62.0 Å². The molecule has 1 heteroatoms. The van der Waals surface area contributed by atoms with Crippen LogP contribution in [-0.2, 0) is 0 Å². The first kappa shape index (κ1) is 24.6. The predicted octanol–water partition coefficient (Wildman–Crippen LogP) is 8.73. The molecule has 0 aromatic rings. The Balaban J connectivity index is 1.62. The molecule has 0 aromatic carbocycles. The lowest BCUT2D eigenvalue weighted by molar-refractivity contribution is -0.0962. The summed E-state index contributed by atoms with van der Waals surface area (Å²) in [5.74, 6) is 2.87. The normalized spacial score (nSPS) is 44.1. The van der Waals surface area contributed by atoms with Crippen LogP contribution in [0.2, 0.25) is 0 Å². The van der Waals surface area contributed by atoms with E-state index in [1.165, 1.54) is 63.4 Å². The molecule has 0 bridgehead atoms. The zero-order valence-corrected chi connectivity index (χ0v) is 22.6. The average molecular weight is 441 g/mol. The molecule has 4 aliphatic carbocycles. The lowest BCUT2D eigenvalue weighted by Gasteiger charge is -2.62. The Morgan fingerprint density at radius 3 is 2.28 bits per heavy atom. The summed E-state index contributed by atoms with van der Waals surface area (Å²) in [5, 5.41) is 10.8. The van der Waals surface area contributed by atoms with Crippen molar-refractivity contribution in [2.75, 3.05) is 0 Å². The molecule has 1 N–H and O–H groups in total. The second kappa shape index (κ2) is 8.00. The number of aliphatic hydroxyl groups is 1. The molecule has 182 valence electrons. The minimum absolute atomic E-state index is 0.0404. The zero-order valence-electron chi connectivity index (χ0n) is 22.6. The highest BCUT2D eigenvalue weighted by Crippen LogP contribution is 2.72. The van der Waals surface area contributed by atoms with E-state index < -0.39 is 0 Å². The van der Waals surface area contributed by atoms with Crippen molar-refractivity contribution in [2.24, 2.45) is 45.3 Å². The van der Waals surface area contributed by atoms with Crippen molar-refractivity contribution in [3.63, 3.8) is 0 Å². The summed E-state index contributed by atoms with van der Waals surface area (Å²) in [4.78, 5) is 0. The third kappa shape index (κ3) is 3.34. The maximum Gasteiger partial charge on any atom is 0.0594 e. The summed E-state index contributed by atoms with van der Waals surface area (Å²) in [5.41, 5.74) is 6.32. The van der Waals surface area contributed by atoms with Gasteiger partial charge in [0.05, 0.1) is 6.10 Å². The smallest absolute Gasteiger partial charge is 0.0594 e. The Bertz CT molecular complexity index is 786. The first-order chi connectivity index (χ1) is 14.8. The van der Waals surface area contributed by atoms with Crippen molar-refractivity contribution < 1.29 is 5.11 Å². The molecule has 1 nitrogen and oxygen atoms in total. The highest BCUT2D eigenvalue weighted by atomic mass is 16.3. The summed E-state index contributed by atoms with van der Waals surface area (Å²) in [6, 6.07) is 0. The maximum absolute atomic E-state index is 10.8. The van der Waals surface area contributed by atoms with E-state index in [9.17, 15) is 5.11 Å². The minimum Gasteiger partial charge on any atom is -0.393 e. The van der Waals surface area contributed by atoms with Gasteiger partial charge in [0.25, 0.3) is 0 Å². The van der Waals surface area contributed by atoms with Gasteiger partial charge in [-0.15, -0.1) is 0 Å². The molecule has 4 aliphatic rings. The number of rotatable bonds is 5. The molecule has 4 rings (SSSR count). The molecular weight excluding hydrogens is 388 g/mol. The summed E-state index contributed by atoms with van der Waals surface area (Å²) in [6.45, 7) is 24.1.